The van der Waals surface area contributed by atoms with Crippen molar-refractivity contribution in [2.45, 2.75) is 19.8 Å². The summed E-state index contributed by atoms with van der Waals surface area (Å²) in [4.78, 5) is 24.6. The first-order valence-corrected chi connectivity index (χ1v) is 10.1. The number of aryl methyl sites for hydroxylation is 1. The van der Waals surface area contributed by atoms with Gasteiger partial charge >= 0.3 is 0 Å². The lowest BCUT2D eigenvalue weighted by molar-refractivity contribution is -0.116. The molecule has 31 heavy (non-hydrogen) atoms. The summed E-state index contributed by atoms with van der Waals surface area (Å²) in [5, 5.41) is 5.66. The number of hydrogen-bond donors (Lipinski definition) is 2. The summed E-state index contributed by atoms with van der Waals surface area (Å²) in [6, 6.07) is 21.8. The molecular weight excluding hydrogens is 392 g/mol. The molecule has 0 aliphatic carbocycles. The zero-order chi connectivity index (χ0) is 22.1. The molecule has 160 valence electrons. The summed E-state index contributed by atoms with van der Waals surface area (Å²) >= 11 is 0. The maximum atomic E-state index is 12.5. The van der Waals surface area contributed by atoms with Gasteiger partial charge in [-0.05, 0) is 67.4 Å². The van der Waals surface area contributed by atoms with Crippen LogP contribution in [0.5, 0.6) is 11.5 Å². The fourth-order valence-corrected chi connectivity index (χ4v) is 3.00. The number of methoxy groups -OCH3 is 1. The van der Waals surface area contributed by atoms with E-state index < -0.39 is 0 Å². The molecule has 0 aliphatic heterocycles. The van der Waals surface area contributed by atoms with Crippen molar-refractivity contribution in [3.8, 4) is 11.5 Å². The summed E-state index contributed by atoms with van der Waals surface area (Å²) in [6.07, 6.45) is 0.959. The monoisotopic (exact) mass is 418 g/mol. The molecule has 6 nitrogen and oxygen atoms in total. The Morgan fingerprint density at radius 2 is 1.68 bits per heavy atom. The maximum Gasteiger partial charge on any atom is 0.255 e. The predicted octanol–water partition coefficient (Wildman–Crippen LogP) is 5.05. The third kappa shape index (κ3) is 6.60. The van der Waals surface area contributed by atoms with Crippen molar-refractivity contribution < 1.29 is 19.1 Å². The van der Waals surface area contributed by atoms with Gasteiger partial charge in [-0.15, -0.1) is 0 Å². The van der Waals surface area contributed by atoms with E-state index in [4.69, 9.17) is 9.47 Å². The Bertz CT molecular complexity index is 1030. The second kappa shape index (κ2) is 10.8. The lowest BCUT2D eigenvalue weighted by Gasteiger charge is -2.10. The van der Waals surface area contributed by atoms with Crippen LogP contribution in [0.15, 0.2) is 72.8 Å². The molecule has 0 aromatic heterocycles. The molecule has 0 atom stereocenters. The van der Waals surface area contributed by atoms with Crippen molar-refractivity contribution in [1.82, 2.24) is 0 Å². The Kier molecular flexibility index (Phi) is 7.65. The van der Waals surface area contributed by atoms with Gasteiger partial charge in [0.25, 0.3) is 5.91 Å². The number of hydrogen-bond acceptors (Lipinski definition) is 4. The molecule has 0 fully saturated rings. The zero-order valence-corrected chi connectivity index (χ0v) is 17.7. The molecule has 0 radical (unpaired) electrons. The Balaban J connectivity index is 1.45. The lowest BCUT2D eigenvalue weighted by atomic mass is 10.1. The first kappa shape index (κ1) is 21.9. The molecule has 0 heterocycles. The number of nitrogens with one attached hydrogen (secondary N) is 2. The molecule has 2 N–H and O–H groups in total. The number of anilines is 2. The molecule has 0 aliphatic rings. The molecule has 6 heteroatoms. The van der Waals surface area contributed by atoms with E-state index in [1.807, 2.05) is 43.3 Å². The van der Waals surface area contributed by atoms with E-state index in [9.17, 15) is 9.59 Å². The van der Waals surface area contributed by atoms with Crippen LogP contribution in [0.25, 0.3) is 0 Å². The maximum absolute atomic E-state index is 12.5. The fourth-order valence-electron chi connectivity index (χ4n) is 3.00. The number of benzene rings is 3. The van der Waals surface area contributed by atoms with Gasteiger partial charge in [-0.25, -0.2) is 0 Å². The average molecular weight is 418 g/mol. The Morgan fingerprint density at radius 1 is 0.903 bits per heavy atom. The van der Waals surface area contributed by atoms with Gasteiger partial charge < -0.3 is 20.1 Å². The second-order valence-electron chi connectivity index (χ2n) is 7.05. The van der Waals surface area contributed by atoms with Gasteiger partial charge in [0, 0.05) is 17.7 Å². The number of para-hydroxylation sites is 2. The minimum Gasteiger partial charge on any atom is -0.495 e. The number of amides is 2. The topological polar surface area (TPSA) is 76.7 Å². The molecule has 0 spiro atoms. The van der Waals surface area contributed by atoms with Crippen LogP contribution in [-0.4, -0.2) is 25.5 Å². The summed E-state index contributed by atoms with van der Waals surface area (Å²) in [5.74, 6) is 1.04. The minimum atomic E-state index is -0.254. The van der Waals surface area contributed by atoms with Gasteiger partial charge in [0.15, 0.2) is 0 Å². The molecule has 3 aromatic rings. The van der Waals surface area contributed by atoms with Crippen LogP contribution in [0.4, 0.5) is 11.4 Å². The number of rotatable bonds is 9. The van der Waals surface area contributed by atoms with E-state index >= 15 is 0 Å². The summed E-state index contributed by atoms with van der Waals surface area (Å²) in [6.45, 7) is 2.48. The normalized spacial score (nSPS) is 10.3. The van der Waals surface area contributed by atoms with Gasteiger partial charge in [0.2, 0.25) is 5.91 Å². The highest BCUT2D eigenvalue weighted by Crippen LogP contribution is 2.24. The third-order valence-corrected chi connectivity index (χ3v) is 4.59. The van der Waals surface area contributed by atoms with Crippen molar-refractivity contribution in [2.24, 2.45) is 0 Å². The second-order valence-corrected chi connectivity index (χ2v) is 7.05. The van der Waals surface area contributed by atoms with Crippen LogP contribution in [0, 0.1) is 6.92 Å². The van der Waals surface area contributed by atoms with Gasteiger partial charge in [-0.1, -0.05) is 24.3 Å². The van der Waals surface area contributed by atoms with Crippen LogP contribution in [0.2, 0.25) is 0 Å². The highest BCUT2D eigenvalue weighted by atomic mass is 16.5. The van der Waals surface area contributed by atoms with Crippen molar-refractivity contribution in [3.05, 3.63) is 83.9 Å². The average Bonchev–Trinajstić information content (AvgIpc) is 2.77. The van der Waals surface area contributed by atoms with Gasteiger partial charge in [0.1, 0.15) is 11.5 Å². The summed E-state index contributed by atoms with van der Waals surface area (Å²) in [5.41, 5.74) is 2.85. The van der Waals surface area contributed by atoms with E-state index in [0.717, 1.165) is 11.3 Å². The van der Waals surface area contributed by atoms with Gasteiger partial charge in [-0.2, -0.15) is 0 Å². The van der Waals surface area contributed by atoms with Crippen molar-refractivity contribution in [2.75, 3.05) is 24.4 Å². The number of carbonyl (C=O) groups is 2. The first-order chi connectivity index (χ1) is 15.0. The Hall–Kier alpha value is -3.80. The molecular formula is C25H26N2O4. The van der Waals surface area contributed by atoms with Crippen molar-refractivity contribution in [3.63, 3.8) is 0 Å². The van der Waals surface area contributed by atoms with Crippen LogP contribution in [0.3, 0.4) is 0 Å². The third-order valence-electron chi connectivity index (χ3n) is 4.59. The molecule has 0 unspecified atom stereocenters. The van der Waals surface area contributed by atoms with Crippen molar-refractivity contribution >= 4 is 23.2 Å². The van der Waals surface area contributed by atoms with E-state index in [1.165, 1.54) is 0 Å². The molecule has 0 saturated heterocycles. The SMILES string of the molecule is COc1ccccc1NC(=O)c1ccc(NC(=O)CCCOc2cccc(C)c2)cc1. The molecule has 3 aromatic carbocycles. The van der Waals surface area contributed by atoms with Crippen LogP contribution in [-0.2, 0) is 4.79 Å². The quantitative estimate of drug-likeness (QED) is 0.477. The highest BCUT2D eigenvalue weighted by molar-refractivity contribution is 6.05. The number of carbonyl (C=O) groups excluding carboxylic acids is 2. The van der Waals surface area contributed by atoms with Crippen molar-refractivity contribution in [1.29, 1.82) is 0 Å². The Labute approximate surface area is 182 Å². The molecule has 2 amide bonds. The van der Waals surface area contributed by atoms with E-state index in [0.29, 0.717) is 42.1 Å². The van der Waals surface area contributed by atoms with Crippen LogP contribution >= 0.6 is 0 Å². The van der Waals surface area contributed by atoms with Gasteiger partial charge in [-0.3, -0.25) is 9.59 Å². The Morgan fingerprint density at radius 3 is 2.42 bits per heavy atom. The largest absolute Gasteiger partial charge is 0.495 e. The summed E-state index contributed by atoms with van der Waals surface area (Å²) in [7, 11) is 1.55. The summed E-state index contributed by atoms with van der Waals surface area (Å²) < 4.78 is 10.9. The van der Waals surface area contributed by atoms with Crippen LogP contribution < -0.4 is 20.1 Å². The highest BCUT2D eigenvalue weighted by Gasteiger charge is 2.10. The first-order valence-electron chi connectivity index (χ1n) is 10.1. The molecule has 0 saturated carbocycles. The van der Waals surface area contributed by atoms with Crippen LogP contribution in [0.1, 0.15) is 28.8 Å². The molecule has 3 rings (SSSR count). The fraction of sp³-hybridized carbons (Fsp3) is 0.200. The smallest absolute Gasteiger partial charge is 0.255 e. The minimum absolute atomic E-state index is 0.0981. The van der Waals surface area contributed by atoms with E-state index in [2.05, 4.69) is 10.6 Å². The predicted molar refractivity (Wildman–Crippen MR) is 122 cm³/mol. The van der Waals surface area contributed by atoms with Gasteiger partial charge in [0.05, 0.1) is 19.4 Å². The molecule has 0 bridgehead atoms. The standard InChI is InChI=1S/C25H26N2O4/c1-18-7-5-8-21(17-18)31-16-6-11-24(28)26-20-14-12-19(13-15-20)25(29)27-22-9-3-4-10-23(22)30-2/h3-5,7-10,12-15,17H,6,11,16H2,1-2H3,(H,26,28)(H,27,29). The lowest BCUT2D eigenvalue weighted by Crippen LogP contribution is -2.14. The van der Waals surface area contributed by atoms with E-state index in [-0.39, 0.29) is 11.8 Å². The van der Waals surface area contributed by atoms with E-state index in [1.54, 1.807) is 43.5 Å². The number of ether oxygens (including phenoxy) is 2. The zero-order valence-electron chi connectivity index (χ0n) is 17.7.